The zero-order chi connectivity index (χ0) is 23.7. The average Bonchev–Trinajstić information content (AvgIpc) is 3.21. The maximum absolute atomic E-state index is 13.1. The second-order valence-electron chi connectivity index (χ2n) is 9.95. The highest BCUT2D eigenvalue weighted by Gasteiger charge is 2.50. The van der Waals surface area contributed by atoms with Crippen LogP contribution >= 0.6 is 0 Å². The molecule has 7 heteroatoms. The Balaban J connectivity index is 1.32. The maximum atomic E-state index is 13.1. The Hall–Kier alpha value is -3.19. The second-order valence-corrected chi connectivity index (χ2v) is 9.95. The third-order valence-corrected chi connectivity index (χ3v) is 7.53. The summed E-state index contributed by atoms with van der Waals surface area (Å²) in [5.74, 6) is 0.949. The number of carbonyl (C=O) groups is 2. The first-order valence-electron chi connectivity index (χ1n) is 12.2. The molecule has 3 atom stereocenters. The minimum absolute atomic E-state index is 0.00931. The summed E-state index contributed by atoms with van der Waals surface area (Å²) >= 11 is 0. The van der Waals surface area contributed by atoms with Gasteiger partial charge >= 0.3 is 0 Å². The van der Waals surface area contributed by atoms with Gasteiger partial charge in [-0.05, 0) is 50.3 Å². The zero-order valence-electron chi connectivity index (χ0n) is 20.0. The summed E-state index contributed by atoms with van der Waals surface area (Å²) in [5, 5.41) is 6.38. The molecule has 2 aliphatic heterocycles. The van der Waals surface area contributed by atoms with E-state index < -0.39 is 0 Å². The fraction of sp³-hybridized carbons (Fsp3) is 0.444. The summed E-state index contributed by atoms with van der Waals surface area (Å²) in [4.78, 5) is 32.5. The van der Waals surface area contributed by atoms with Crippen molar-refractivity contribution >= 4 is 22.8 Å². The lowest BCUT2D eigenvalue weighted by Crippen LogP contribution is -2.54. The lowest BCUT2D eigenvalue weighted by molar-refractivity contribution is -0.123. The highest BCUT2D eigenvalue weighted by molar-refractivity contribution is 5.79. The van der Waals surface area contributed by atoms with E-state index in [-0.39, 0.29) is 29.4 Å². The number of para-hydroxylation sites is 2. The van der Waals surface area contributed by atoms with Crippen LogP contribution in [0, 0.1) is 0 Å². The van der Waals surface area contributed by atoms with Crippen molar-refractivity contribution < 1.29 is 9.59 Å². The number of carbonyl (C=O) groups excluding carboxylic acids is 2. The van der Waals surface area contributed by atoms with Crippen molar-refractivity contribution in [1.82, 2.24) is 25.1 Å². The van der Waals surface area contributed by atoms with Gasteiger partial charge in [0, 0.05) is 25.6 Å². The second kappa shape index (κ2) is 9.22. The van der Waals surface area contributed by atoms with Crippen LogP contribution in [0.25, 0.3) is 11.0 Å². The van der Waals surface area contributed by atoms with Gasteiger partial charge in [-0.15, -0.1) is 0 Å². The van der Waals surface area contributed by atoms with E-state index in [2.05, 4.69) is 51.7 Å². The van der Waals surface area contributed by atoms with E-state index in [0.717, 1.165) is 42.5 Å². The van der Waals surface area contributed by atoms with E-state index in [1.165, 1.54) is 5.56 Å². The van der Waals surface area contributed by atoms with Crippen LogP contribution in [0.1, 0.15) is 44.0 Å². The Morgan fingerprint density at radius 2 is 1.94 bits per heavy atom. The van der Waals surface area contributed by atoms with Crippen LogP contribution in [0.3, 0.4) is 0 Å². The molecular weight excluding hydrogens is 426 g/mol. The number of hydrogen-bond donors (Lipinski definition) is 2. The quantitative estimate of drug-likeness (QED) is 0.594. The van der Waals surface area contributed by atoms with Crippen molar-refractivity contribution in [1.29, 1.82) is 0 Å². The third-order valence-electron chi connectivity index (χ3n) is 7.53. The van der Waals surface area contributed by atoms with Crippen LogP contribution in [-0.2, 0) is 29.6 Å². The van der Waals surface area contributed by atoms with Gasteiger partial charge in [-0.1, -0.05) is 42.5 Å². The summed E-state index contributed by atoms with van der Waals surface area (Å²) in [6.07, 6.45) is 4.03. The van der Waals surface area contributed by atoms with E-state index in [1.54, 1.807) is 0 Å². The van der Waals surface area contributed by atoms with Gasteiger partial charge < -0.3 is 15.2 Å². The van der Waals surface area contributed by atoms with Gasteiger partial charge in [0.2, 0.25) is 11.8 Å². The molecule has 5 rings (SSSR count). The molecule has 2 N–H and O–H groups in total. The van der Waals surface area contributed by atoms with Crippen molar-refractivity contribution in [2.75, 3.05) is 6.54 Å². The van der Waals surface area contributed by atoms with Crippen LogP contribution in [-0.4, -0.2) is 50.4 Å². The molecule has 2 aromatic carbocycles. The van der Waals surface area contributed by atoms with Crippen molar-refractivity contribution in [2.24, 2.45) is 7.05 Å². The molecule has 0 spiro atoms. The van der Waals surface area contributed by atoms with Crippen LogP contribution < -0.4 is 10.6 Å². The number of benzene rings is 2. The fourth-order valence-electron chi connectivity index (χ4n) is 5.89. The van der Waals surface area contributed by atoms with E-state index in [4.69, 9.17) is 0 Å². The van der Waals surface area contributed by atoms with Crippen LogP contribution in [0.15, 0.2) is 54.6 Å². The number of nitrogens with zero attached hydrogens (tertiary/aromatic N) is 3. The van der Waals surface area contributed by atoms with Gasteiger partial charge in [0.05, 0.1) is 29.7 Å². The van der Waals surface area contributed by atoms with Gasteiger partial charge in [-0.25, -0.2) is 4.98 Å². The molecule has 3 aromatic rings. The molecule has 178 valence electrons. The molecule has 1 aromatic heterocycles. The summed E-state index contributed by atoms with van der Waals surface area (Å²) < 4.78 is 2.03. The summed E-state index contributed by atoms with van der Waals surface area (Å²) in [6, 6.07) is 18.7. The fourth-order valence-corrected chi connectivity index (χ4v) is 5.89. The number of fused-ring (bicyclic) bond motifs is 2. The van der Waals surface area contributed by atoms with E-state index >= 15 is 0 Å². The molecule has 34 heavy (non-hydrogen) atoms. The topological polar surface area (TPSA) is 79.3 Å². The van der Waals surface area contributed by atoms with Gasteiger partial charge in [0.15, 0.2) is 0 Å². The van der Waals surface area contributed by atoms with Crippen molar-refractivity contribution in [3.8, 4) is 0 Å². The summed E-state index contributed by atoms with van der Waals surface area (Å²) in [7, 11) is 1.98. The van der Waals surface area contributed by atoms with Crippen LogP contribution in [0.4, 0.5) is 0 Å². The van der Waals surface area contributed by atoms with Crippen molar-refractivity contribution in [2.45, 2.75) is 63.2 Å². The number of amides is 2. The molecule has 0 aliphatic carbocycles. The minimum atomic E-state index is -0.315. The highest BCUT2D eigenvalue weighted by Crippen LogP contribution is 2.39. The lowest BCUT2D eigenvalue weighted by Gasteiger charge is -2.34. The molecule has 0 saturated carbocycles. The number of imidazole rings is 1. The van der Waals surface area contributed by atoms with Gasteiger partial charge in [-0.2, -0.15) is 0 Å². The molecule has 0 unspecified atom stereocenters. The predicted molar refractivity (Wildman–Crippen MR) is 132 cm³/mol. The number of nitrogens with one attached hydrogen (secondary N) is 2. The van der Waals surface area contributed by atoms with Crippen LogP contribution in [0.2, 0.25) is 0 Å². The monoisotopic (exact) mass is 459 g/mol. The predicted octanol–water partition coefficient (Wildman–Crippen LogP) is 2.93. The Morgan fingerprint density at radius 1 is 1.18 bits per heavy atom. The normalized spacial score (nSPS) is 25.1. The standard InChI is InChI=1S/C27H33N5O2/c1-27-16-20(15-19-9-4-3-5-10-19)32(23(27)13-8-14-25(33)30-27)18-26(34)28-17-24-29-21-11-6-7-12-22(21)31(24)2/h3-7,9-12,20,23H,8,13-18H2,1-2H3,(H,28,34)(H,30,33)/t20-,23+,27+/m1/s1. The Kier molecular flexibility index (Phi) is 6.13. The first-order valence-corrected chi connectivity index (χ1v) is 12.2. The van der Waals surface area contributed by atoms with Crippen LogP contribution in [0.5, 0.6) is 0 Å². The molecule has 0 radical (unpaired) electrons. The van der Waals surface area contributed by atoms with E-state index in [1.807, 2.05) is 41.9 Å². The molecule has 7 nitrogen and oxygen atoms in total. The molecule has 2 aliphatic rings. The number of hydrogen-bond acceptors (Lipinski definition) is 4. The number of aromatic nitrogens is 2. The molecule has 2 fully saturated rings. The van der Waals surface area contributed by atoms with Gasteiger partial charge in [0.25, 0.3) is 0 Å². The van der Waals surface area contributed by atoms with Gasteiger partial charge in [0.1, 0.15) is 5.82 Å². The Bertz CT molecular complexity index is 1190. The maximum Gasteiger partial charge on any atom is 0.234 e. The minimum Gasteiger partial charge on any atom is -0.349 e. The first kappa shape index (κ1) is 22.6. The average molecular weight is 460 g/mol. The smallest absolute Gasteiger partial charge is 0.234 e. The number of aryl methyl sites for hydroxylation is 1. The van der Waals surface area contributed by atoms with E-state index in [0.29, 0.717) is 19.5 Å². The molecular formula is C27H33N5O2. The number of likely N-dealkylation sites (tertiary alicyclic amines) is 1. The Labute approximate surface area is 200 Å². The zero-order valence-corrected chi connectivity index (χ0v) is 20.0. The van der Waals surface area contributed by atoms with Gasteiger partial charge in [-0.3, -0.25) is 14.5 Å². The summed E-state index contributed by atoms with van der Waals surface area (Å²) in [6.45, 7) is 2.85. The molecule has 0 bridgehead atoms. The van der Waals surface area contributed by atoms with Crippen molar-refractivity contribution in [3.05, 3.63) is 66.0 Å². The van der Waals surface area contributed by atoms with Crippen molar-refractivity contribution in [3.63, 3.8) is 0 Å². The molecule has 3 heterocycles. The first-order chi connectivity index (χ1) is 16.4. The third kappa shape index (κ3) is 4.44. The molecule has 2 amide bonds. The number of rotatable bonds is 6. The summed E-state index contributed by atoms with van der Waals surface area (Å²) in [5.41, 5.74) is 2.93. The largest absolute Gasteiger partial charge is 0.349 e. The SMILES string of the molecule is Cn1c(CNC(=O)CN2[C@H](Cc3ccccc3)C[C@]3(C)NC(=O)CCC[C@H]23)nc2ccccc21. The Morgan fingerprint density at radius 3 is 2.74 bits per heavy atom. The van der Waals surface area contributed by atoms with E-state index in [9.17, 15) is 9.59 Å². The lowest BCUT2D eigenvalue weighted by atomic mass is 9.89. The molecule has 2 saturated heterocycles. The highest BCUT2D eigenvalue weighted by atomic mass is 16.2.